The van der Waals surface area contributed by atoms with Gasteiger partial charge < -0.3 is 24.6 Å². The SMILES string of the molecule is CN(C)S(=O)(=O)c1cccc(OCC(O)CNC2COC3(CCN(S(=O)(=O)c4cccc(-c5ccc(OCC#N)cc5)c4)CC3)C2)c1. The highest BCUT2D eigenvalue weighted by molar-refractivity contribution is 7.89. The van der Waals surface area contributed by atoms with E-state index in [0.29, 0.717) is 50.5 Å². The van der Waals surface area contributed by atoms with E-state index in [1.165, 1.54) is 30.5 Å². The Hall–Kier alpha value is -3.55. The minimum Gasteiger partial charge on any atom is -0.491 e. The number of nitriles is 1. The normalized spacial score (nSPS) is 19.0. The Morgan fingerprint density at radius 2 is 1.68 bits per heavy atom. The van der Waals surface area contributed by atoms with E-state index >= 15 is 0 Å². The van der Waals surface area contributed by atoms with Gasteiger partial charge in [0.2, 0.25) is 20.0 Å². The molecule has 2 heterocycles. The third-order valence-electron chi connectivity index (χ3n) is 8.47. The van der Waals surface area contributed by atoms with Crippen LogP contribution in [0.2, 0.25) is 0 Å². The van der Waals surface area contributed by atoms with Gasteiger partial charge in [-0.25, -0.2) is 21.1 Å². The van der Waals surface area contributed by atoms with Crippen LogP contribution in [0, 0.1) is 11.3 Å². The van der Waals surface area contributed by atoms with Gasteiger partial charge in [-0.15, -0.1) is 0 Å². The first-order valence-electron chi connectivity index (χ1n) is 15.3. The van der Waals surface area contributed by atoms with Gasteiger partial charge in [0.05, 0.1) is 22.0 Å². The molecule has 2 unspecified atom stereocenters. The number of aliphatic hydroxyl groups is 1. The number of ether oxygens (including phenoxy) is 3. The molecular weight excluding hydrogens is 645 g/mol. The number of rotatable bonds is 13. The van der Waals surface area contributed by atoms with E-state index in [-0.39, 0.29) is 35.6 Å². The first-order chi connectivity index (χ1) is 22.4. The number of hydrogen-bond donors (Lipinski definition) is 2. The standard InChI is InChI=1S/C33H40N4O8S2/c1-36(2)46(39,40)32-8-4-6-30(20-32)44-24-28(38)22-35-27-21-33(45-23-27)13-16-37(17-14-33)47(41,42)31-7-3-5-26(19-31)25-9-11-29(12-10-25)43-18-15-34/h3-12,19-20,27-28,35,38H,13-14,16-18,21-24H2,1-2H3. The molecule has 0 aromatic heterocycles. The molecule has 47 heavy (non-hydrogen) atoms. The van der Waals surface area contributed by atoms with E-state index in [2.05, 4.69) is 5.32 Å². The van der Waals surface area contributed by atoms with Crippen LogP contribution in [0.15, 0.2) is 82.6 Å². The number of piperidine rings is 1. The predicted octanol–water partition coefficient (Wildman–Crippen LogP) is 2.85. The van der Waals surface area contributed by atoms with Crippen molar-refractivity contribution in [1.29, 1.82) is 5.26 Å². The van der Waals surface area contributed by atoms with E-state index in [9.17, 15) is 21.9 Å². The molecule has 2 N–H and O–H groups in total. The van der Waals surface area contributed by atoms with Gasteiger partial charge in [-0.1, -0.05) is 30.3 Å². The van der Waals surface area contributed by atoms with Crippen LogP contribution in [-0.2, 0) is 24.8 Å². The number of sulfonamides is 2. The van der Waals surface area contributed by atoms with E-state index < -0.39 is 31.8 Å². The van der Waals surface area contributed by atoms with Gasteiger partial charge in [0.25, 0.3) is 0 Å². The quantitative estimate of drug-likeness (QED) is 0.274. The van der Waals surface area contributed by atoms with Crippen molar-refractivity contribution in [3.05, 3.63) is 72.8 Å². The van der Waals surface area contributed by atoms with E-state index in [4.69, 9.17) is 19.5 Å². The first kappa shape index (κ1) is 34.8. The average molecular weight is 685 g/mol. The Bertz CT molecular complexity index is 1790. The van der Waals surface area contributed by atoms with Crippen LogP contribution < -0.4 is 14.8 Å². The molecule has 0 aliphatic carbocycles. The van der Waals surface area contributed by atoms with E-state index in [1.54, 1.807) is 42.5 Å². The summed E-state index contributed by atoms with van der Waals surface area (Å²) in [6, 6.07) is 22.1. The number of aliphatic hydroxyl groups excluding tert-OH is 1. The topological polar surface area (TPSA) is 158 Å². The summed E-state index contributed by atoms with van der Waals surface area (Å²) < 4.78 is 71.8. The lowest BCUT2D eigenvalue weighted by Crippen LogP contribution is -2.47. The smallest absolute Gasteiger partial charge is 0.243 e. The van der Waals surface area contributed by atoms with Crippen LogP contribution in [0.1, 0.15) is 19.3 Å². The Labute approximate surface area is 276 Å². The molecule has 14 heteroatoms. The fourth-order valence-electron chi connectivity index (χ4n) is 5.79. The fraction of sp³-hybridized carbons (Fsp3) is 0.424. The van der Waals surface area contributed by atoms with E-state index in [1.807, 2.05) is 24.3 Å². The Morgan fingerprint density at radius 3 is 2.38 bits per heavy atom. The molecule has 12 nitrogen and oxygen atoms in total. The Morgan fingerprint density at radius 1 is 0.979 bits per heavy atom. The van der Waals surface area contributed by atoms with Gasteiger partial charge in [0, 0.05) is 45.8 Å². The minimum absolute atomic E-state index is 0.00487. The molecule has 2 aliphatic heterocycles. The predicted molar refractivity (Wildman–Crippen MR) is 175 cm³/mol. The van der Waals surface area contributed by atoms with Gasteiger partial charge in [-0.2, -0.15) is 9.57 Å². The summed E-state index contributed by atoms with van der Waals surface area (Å²) in [6.45, 7) is 1.32. The highest BCUT2D eigenvalue weighted by atomic mass is 32.2. The minimum atomic E-state index is -3.72. The molecule has 0 saturated carbocycles. The van der Waals surface area contributed by atoms with Gasteiger partial charge in [-0.05, 0) is 66.8 Å². The Balaban J connectivity index is 1.10. The molecule has 0 bridgehead atoms. The highest BCUT2D eigenvalue weighted by Gasteiger charge is 2.44. The lowest BCUT2D eigenvalue weighted by Gasteiger charge is -2.38. The number of hydrogen-bond acceptors (Lipinski definition) is 10. The van der Waals surface area contributed by atoms with E-state index in [0.717, 1.165) is 15.4 Å². The second kappa shape index (κ2) is 14.7. The Kier molecular flexibility index (Phi) is 10.9. The molecule has 3 aromatic carbocycles. The van der Waals surface area contributed by atoms with Gasteiger partial charge in [0.15, 0.2) is 6.61 Å². The molecule has 2 fully saturated rings. The lowest BCUT2D eigenvalue weighted by atomic mass is 9.88. The highest BCUT2D eigenvalue weighted by Crippen LogP contribution is 2.38. The van der Waals surface area contributed by atoms with Crippen molar-refractivity contribution in [2.45, 2.75) is 46.8 Å². The van der Waals surface area contributed by atoms with Crippen molar-refractivity contribution in [1.82, 2.24) is 13.9 Å². The zero-order chi connectivity index (χ0) is 33.7. The van der Waals surface area contributed by atoms with Crippen molar-refractivity contribution in [3.63, 3.8) is 0 Å². The van der Waals surface area contributed by atoms with Crippen molar-refractivity contribution in [2.24, 2.45) is 0 Å². The molecule has 0 amide bonds. The summed E-state index contributed by atoms with van der Waals surface area (Å²) >= 11 is 0. The lowest BCUT2D eigenvalue weighted by molar-refractivity contribution is -0.0312. The molecular formula is C33H40N4O8S2. The number of nitrogens with zero attached hydrogens (tertiary/aromatic N) is 3. The maximum Gasteiger partial charge on any atom is 0.243 e. The monoisotopic (exact) mass is 684 g/mol. The molecule has 2 saturated heterocycles. The molecule has 3 aromatic rings. The zero-order valence-corrected chi connectivity index (χ0v) is 28.0. The van der Waals surface area contributed by atoms with Crippen LogP contribution >= 0.6 is 0 Å². The molecule has 0 radical (unpaired) electrons. The van der Waals surface area contributed by atoms with Crippen LogP contribution in [0.25, 0.3) is 11.1 Å². The largest absolute Gasteiger partial charge is 0.491 e. The molecule has 252 valence electrons. The summed E-state index contributed by atoms with van der Waals surface area (Å²) in [4.78, 5) is 0.337. The van der Waals surface area contributed by atoms with Crippen LogP contribution in [-0.4, -0.2) is 102 Å². The summed E-state index contributed by atoms with van der Waals surface area (Å²) in [5.41, 5.74) is 1.17. The summed E-state index contributed by atoms with van der Waals surface area (Å²) in [7, 11) is -4.40. The average Bonchev–Trinajstić information content (AvgIpc) is 3.47. The maximum absolute atomic E-state index is 13.6. The summed E-state index contributed by atoms with van der Waals surface area (Å²) in [5.74, 6) is 0.914. The third-order valence-corrected chi connectivity index (χ3v) is 12.2. The second-order valence-electron chi connectivity index (χ2n) is 11.9. The fourth-order valence-corrected chi connectivity index (χ4v) is 8.22. The van der Waals surface area contributed by atoms with Crippen molar-refractivity contribution >= 4 is 20.0 Å². The third kappa shape index (κ3) is 8.31. The van der Waals surface area contributed by atoms with Crippen LogP contribution in [0.3, 0.4) is 0 Å². The summed E-state index contributed by atoms with van der Waals surface area (Å²) in [6.07, 6.45) is 0.985. The van der Waals surface area contributed by atoms with Crippen molar-refractivity contribution < 1.29 is 36.2 Å². The van der Waals surface area contributed by atoms with Gasteiger partial charge >= 0.3 is 0 Å². The maximum atomic E-state index is 13.6. The van der Waals surface area contributed by atoms with Crippen LogP contribution in [0.4, 0.5) is 0 Å². The first-order valence-corrected chi connectivity index (χ1v) is 18.2. The second-order valence-corrected chi connectivity index (χ2v) is 16.0. The van der Waals surface area contributed by atoms with Crippen molar-refractivity contribution in [2.75, 3.05) is 53.6 Å². The molecule has 1 spiro atoms. The molecule has 2 aliphatic rings. The summed E-state index contributed by atoms with van der Waals surface area (Å²) in [5, 5.41) is 22.5. The molecule has 2 atom stereocenters. The molecule has 5 rings (SSSR count). The van der Waals surface area contributed by atoms with Crippen LogP contribution in [0.5, 0.6) is 11.5 Å². The zero-order valence-electron chi connectivity index (χ0n) is 26.4. The van der Waals surface area contributed by atoms with Gasteiger partial charge in [0.1, 0.15) is 30.3 Å². The number of benzene rings is 3. The van der Waals surface area contributed by atoms with Crippen molar-refractivity contribution in [3.8, 4) is 28.7 Å². The number of nitrogens with one attached hydrogen (secondary N) is 1. The van der Waals surface area contributed by atoms with Gasteiger partial charge in [-0.3, -0.25) is 0 Å².